The Balaban J connectivity index is 0.000000165. The van der Waals surface area contributed by atoms with Crippen LogP contribution in [0.15, 0.2) is 109 Å². The van der Waals surface area contributed by atoms with E-state index in [9.17, 15) is 0 Å². The monoisotopic (exact) mass is 682 g/mol. The van der Waals surface area contributed by atoms with E-state index in [1.54, 1.807) is 0 Å². The number of nitrogens with zero attached hydrogens (tertiary/aromatic N) is 4. The Morgan fingerprint density at radius 1 is 0.610 bits per heavy atom. The number of aromatic nitrogens is 4. The van der Waals surface area contributed by atoms with Gasteiger partial charge in [0.25, 0.3) is 0 Å². The molecule has 0 spiro atoms. The second-order valence-corrected chi connectivity index (χ2v) is 11.4. The van der Waals surface area contributed by atoms with E-state index in [1.165, 1.54) is 0 Å². The van der Waals surface area contributed by atoms with Crippen molar-refractivity contribution < 1.29 is 0 Å². The van der Waals surface area contributed by atoms with E-state index in [0.29, 0.717) is 15.4 Å². The Morgan fingerprint density at radius 3 is 1.61 bits per heavy atom. The van der Waals surface area contributed by atoms with Crippen LogP contribution in [0.25, 0.3) is 33.9 Å². The van der Waals surface area contributed by atoms with E-state index in [-0.39, 0.29) is 0 Å². The van der Waals surface area contributed by atoms with Crippen LogP contribution in [0.3, 0.4) is 0 Å². The number of hydrogen-bond donors (Lipinski definition) is 0. The summed E-state index contributed by atoms with van der Waals surface area (Å²) in [7, 11) is 0. The molecule has 41 heavy (non-hydrogen) atoms. The fraction of sp³-hybridized carbons (Fsp3) is 0.0625. The lowest BCUT2D eigenvalue weighted by molar-refractivity contribution is 0.883. The predicted molar refractivity (Wildman–Crippen MR) is 175 cm³/mol. The fourth-order valence-corrected chi connectivity index (χ4v) is 5.42. The summed E-state index contributed by atoms with van der Waals surface area (Å²) in [5, 5.41) is 12.8. The first-order chi connectivity index (χ1) is 19.8. The van der Waals surface area contributed by atoms with Crippen LogP contribution in [0.5, 0.6) is 0 Å². The van der Waals surface area contributed by atoms with Crippen LogP contribution in [0.1, 0.15) is 11.1 Å². The highest BCUT2D eigenvalue weighted by atomic mass is 79.9. The average molecular weight is 685 g/mol. The molecule has 0 radical (unpaired) electrons. The van der Waals surface area contributed by atoms with Gasteiger partial charge in [-0.3, -0.25) is 0 Å². The molecule has 4 aromatic carbocycles. The van der Waals surface area contributed by atoms with Gasteiger partial charge in [-0.05, 0) is 90.8 Å². The second-order valence-electron chi connectivity index (χ2n) is 9.15. The van der Waals surface area contributed by atoms with Gasteiger partial charge in [0.1, 0.15) is 0 Å². The van der Waals surface area contributed by atoms with Gasteiger partial charge in [0.2, 0.25) is 0 Å². The molecule has 0 saturated carbocycles. The van der Waals surface area contributed by atoms with E-state index in [4.69, 9.17) is 46.4 Å². The number of rotatable bonds is 5. The van der Waals surface area contributed by atoms with Crippen molar-refractivity contribution in [2.45, 2.75) is 12.3 Å². The van der Waals surface area contributed by atoms with Crippen LogP contribution in [0, 0.1) is 6.92 Å². The highest BCUT2D eigenvalue weighted by molar-refractivity contribution is 9.08. The summed E-state index contributed by atoms with van der Waals surface area (Å²) in [6.45, 7) is 1.98. The quantitative estimate of drug-likeness (QED) is 0.169. The highest BCUT2D eigenvalue weighted by Crippen LogP contribution is 2.26. The third-order valence-electron chi connectivity index (χ3n) is 6.26. The van der Waals surface area contributed by atoms with Crippen molar-refractivity contribution in [1.29, 1.82) is 0 Å². The third kappa shape index (κ3) is 7.24. The number of alkyl halides is 1. The molecule has 6 aromatic rings. The van der Waals surface area contributed by atoms with Crippen molar-refractivity contribution >= 4 is 62.3 Å². The lowest BCUT2D eigenvalue weighted by Gasteiger charge is -2.05. The minimum absolute atomic E-state index is 0.704. The zero-order valence-corrected chi connectivity index (χ0v) is 26.4. The van der Waals surface area contributed by atoms with Crippen LogP contribution in [0.2, 0.25) is 20.1 Å². The van der Waals surface area contributed by atoms with Crippen molar-refractivity contribution in [2.75, 3.05) is 0 Å². The minimum atomic E-state index is 0.704. The van der Waals surface area contributed by atoms with Crippen LogP contribution in [-0.4, -0.2) is 19.6 Å². The number of hydrogen-bond acceptors (Lipinski definition) is 2. The van der Waals surface area contributed by atoms with Crippen molar-refractivity contribution in [1.82, 2.24) is 19.6 Å². The molecule has 0 aliphatic carbocycles. The van der Waals surface area contributed by atoms with Crippen LogP contribution < -0.4 is 0 Å². The summed E-state index contributed by atoms with van der Waals surface area (Å²) in [5.74, 6) is 0. The molecule has 2 aromatic heterocycles. The fourth-order valence-electron chi connectivity index (χ4n) is 4.12. The molecule has 206 valence electrons. The Labute approximate surface area is 267 Å². The summed E-state index contributed by atoms with van der Waals surface area (Å²) in [4.78, 5) is 0. The maximum absolute atomic E-state index is 6.13. The van der Waals surface area contributed by atoms with E-state index < -0.39 is 0 Å². The van der Waals surface area contributed by atoms with Gasteiger partial charge < -0.3 is 0 Å². The average Bonchev–Trinajstić information content (AvgIpc) is 3.66. The molecule has 0 fully saturated rings. The van der Waals surface area contributed by atoms with Crippen molar-refractivity contribution in [3.8, 4) is 33.9 Å². The normalized spacial score (nSPS) is 10.8. The van der Waals surface area contributed by atoms with Crippen LogP contribution in [-0.2, 0) is 5.33 Å². The van der Waals surface area contributed by atoms with E-state index in [2.05, 4.69) is 26.1 Å². The van der Waals surface area contributed by atoms with Crippen LogP contribution in [0.4, 0.5) is 0 Å². The third-order valence-corrected chi connectivity index (χ3v) is 8.13. The highest BCUT2D eigenvalue weighted by Gasteiger charge is 2.08. The van der Waals surface area contributed by atoms with E-state index in [1.807, 2.05) is 126 Å². The number of aryl methyl sites for hydroxylation is 1. The first-order valence-corrected chi connectivity index (χ1v) is 15.2. The first-order valence-electron chi connectivity index (χ1n) is 12.6. The van der Waals surface area contributed by atoms with Gasteiger partial charge in [-0.2, -0.15) is 10.2 Å². The predicted octanol–water partition coefficient (Wildman–Crippen LogP) is 10.9. The van der Waals surface area contributed by atoms with E-state index in [0.717, 1.165) is 55.1 Å². The first kappa shape index (κ1) is 29.4. The van der Waals surface area contributed by atoms with Gasteiger partial charge in [-0.25, -0.2) is 9.36 Å². The lowest BCUT2D eigenvalue weighted by atomic mass is 10.2. The molecule has 0 bridgehead atoms. The molecule has 0 amide bonds. The summed E-state index contributed by atoms with van der Waals surface area (Å²) in [6, 6.07) is 31.0. The molecular formula is C32H23BrCl4N4. The molecule has 0 aliphatic rings. The molecule has 0 aliphatic heterocycles. The smallest absolute Gasteiger partial charge is 0.0928 e. The van der Waals surface area contributed by atoms with Gasteiger partial charge in [0.05, 0.1) is 22.8 Å². The van der Waals surface area contributed by atoms with Crippen LogP contribution >= 0.6 is 62.3 Å². The minimum Gasteiger partial charge on any atom is -0.240 e. The second kappa shape index (κ2) is 13.3. The Kier molecular flexibility index (Phi) is 9.53. The van der Waals surface area contributed by atoms with Gasteiger partial charge in [0, 0.05) is 48.9 Å². The van der Waals surface area contributed by atoms with Gasteiger partial charge in [0.15, 0.2) is 0 Å². The summed E-state index contributed by atoms with van der Waals surface area (Å²) < 4.78 is 3.66. The molecule has 0 atom stereocenters. The zero-order chi connectivity index (χ0) is 28.9. The van der Waals surface area contributed by atoms with Crippen molar-refractivity contribution in [3.63, 3.8) is 0 Å². The summed E-state index contributed by atoms with van der Waals surface area (Å²) in [6.07, 6.45) is 3.86. The molecule has 9 heteroatoms. The molecule has 6 rings (SSSR count). The van der Waals surface area contributed by atoms with Gasteiger partial charge in [-0.1, -0.05) is 86.6 Å². The maximum atomic E-state index is 6.13. The Bertz CT molecular complexity index is 1810. The zero-order valence-electron chi connectivity index (χ0n) is 21.8. The molecule has 4 nitrogen and oxygen atoms in total. The van der Waals surface area contributed by atoms with Gasteiger partial charge in [-0.15, -0.1) is 0 Å². The molecule has 0 unspecified atom stereocenters. The van der Waals surface area contributed by atoms with E-state index >= 15 is 0 Å². The summed E-state index contributed by atoms with van der Waals surface area (Å²) in [5.41, 5.74) is 7.80. The van der Waals surface area contributed by atoms with Crippen molar-refractivity contribution in [2.24, 2.45) is 0 Å². The topological polar surface area (TPSA) is 35.6 Å². The van der Waals surface area contributed by atoms with Gasteiger partial charge >= 0.3 is 0 Å². The molecular weight excluding hydrogens is 662 g/mol. The molecule has 0 N–H and O–H groups in total. The largest absolute Gasteiger partial charge is 0.240 e. The Hall–Kier alpha value is -3.06. The number of halogens is 5. The number of benzene rings is 4. The summed E-state index contributed by atoms with van der Waals surface area (Å²) >= 11 is 27.6. The SMILES string of the molecule is Cc1cc(-n2ccc(-c3cccc(Cl)c3)n2)ccc1Cl.Clc1cccc(-c2ccn(-c3ccc(Cl)c(CBr)c3)n2)c1. The standard InChI is InChI=1S/C16H11BrCl2N2.C16H12Cl2N2/c17-10-12-9-14(4-5-15(12)19)21-7-6-16(20-21)11-2-1-3-13(18)8-11;1-11-9-14(5-6-15(11)18)20-8-7-16(19-20)12-3-2-4-13(17)10-12/h1-9H,10H2;2-10H,1H3. The maximum Gasteiger partial charge on any atom is 0.0928 e. The Morgan fingerprint density at radius 2 is 1.12 bits per heavy atom. The lowest BCUT2D eigenvalue weighted by Crippen LogP contribution is -1.96. The molecule has 2 heterocycles. The molecule has 0 saturated heterocycles. The van der Waals surface area contributed by atoms with Crippen molar-refractivity contribution in [3.05, 3.63) is 141 Å².